The molecule has 0 saturated carbocycles. The highest BCUT2D eigenvalue weighted by molar-refractivity contribution is 7.92. The molecule has 3 aromatic rings. The van der Waals surface area contributed by atoms with Crippen molar-refractivity contribution in [1.29, 1.82) is 0 Å². The number of nitrogens with zero attached hydrogens (tertiary/aromatic N) is 1. The molecule has 9 heteroatoms. The van der Waals surface area contributed by atoms with Crippen molar-refractivity contribution < 1.29 is 27.1 Å². The molecule has 0 heterocycles. The zero-order valence-electron chi connectivity index (χ0n) is 18.8. The van der Waals surface area contributed by atoms with Crippen LogP contribution in [-0.4, -0.2) is 35.1 Å². The minimum atomic E-state index is -4.21. The molecule has 3 rings (SSSR count). The van der Waals surface area contributed by atoms with Crippen LogP contribution >= 0.6 is 0 Å². The molecule has 0 spiro atoms. The molecule has 0 aliphatic rings. The van der Waals surface area contributed by atoms with E-state index in [1.165, 1.54) is 44.6 Å². The Balaban J connectivity index is 1.99. The Hall–Kier alpha value is -3.59. The van der Waals surface area contributed by atoms with Gasteiger partial charge in [-0.3, -0.25) is 9.10 Å². The van der Waals surface area contributed by atoms with Gasteiger partial charge in [-0.25, -0.2) is 12.8 Å². The number of ether oxygens (including phenoxy) is 2. The van der Waals surface area contributed by atoms with E-state index >= 15 is 0 Å². The van der Waals surface area contributed by atoms with Crippen molar-refractivity contribution in [3.05, 3.63) is 77.6 Å². The van der Waals surface area contributed by atoms with Crippen molar-refractivity contribution in [2.24, 2.45) is 0 Å². The van der Waals surface area contributed by atoms with Gasteiger partial charge in [-0.05, 0) is 73.5 Å². The summed E-state index contributed by atoms with van der Waals surface area (Å²) in [5.74, 6) is -0.495. The number of anilines is 2. The van der Waals surface area contributed by atoms with Gasteiger partial charge in [0.05, 0.1) is 24.8 Å². The van der Waals surface area contributed by atoms with Gasteiger partial charge in [0.2, 0.25) is 5.91 Å². The summed E-state index contributed by atoms with van der Waals surface area (Å²) < 4.78 is 51.9. The Labute approximate surface area is 192 Å². The Bertz CT molecular complexity index is 1240. The number of sulfonamides is 1. The number of rotatable bonds is 8. The maximum atomic E-state index is 13.5. The number of hydrogen-bond acceptors (Lipinski definition) is 5. The SMILES string of the molecule is COc1ccc(S(=O)(=O)N(CC(=O)Nc2cc(C)cc(C)c2)c2ccc(F)cc2)cc1OC. The number of carbonyl (C=O) groups is 1. The summed E-state index contributed by atoms with van der Waals surface area (Å²) in [6.45, 7) is 3.28. The Morgan fingerprint density at radius 3 is 2.09 bits per heavy atom. The second kappa shape index (κ2) is 9.91. The molecule has 3 aromatic carbocycles. The lowest BCUT2D eigenvalue weighted by Gasteiger charge is -2.24. The van der Waals surface area contributed by atoms with Gasteiger partial charge in [0.15, 0.2) is 11.5 Å². The fraction of sp³-hybridized carbons (Fsp3) is 0.208. The zero-order valence-corrected chi connectivity index (χ0v) is 19.6. The molecule has 0 fully saturated rings. The average molecular weight is 473 g/mol. The van der Waals surface area contributed by atoms with Crippen LogP contribution in [0.25, 0.3) is 0 Å². The minimum Gasteiger partial charge on any atom is -0.493 e. The van der Waals surface area contributed by atoms with Gasteiger partial charge >= 0.3 is 0 Å². The maximum Gasteiger partial charge on any atom is 0.264 e. The summed E-state index contributed by atoms with van der Waals surface area (Å²) in [5.41, 5.74) is 2.61. The first-order valence-corrected chi connectivity index (χ1v) is 11.5. The monoisotopic (exact) mass is 472 g/mol. The number of aryl methyl sites for hydroxylation is 2. The quantitative estimate of drug-likeness (QED) is 0.529. The molecule has 1 amide bonds. The number of amides is 1. The van der Waals surface area contributed by atoms with Crippen molar-refractivity contribution in [2.45, 2.75) is 18.7 Å². The van der Waals surface area contributed by atoms with Gasteiger partial charge in [0, 0.05) is 11.8 Å². The van der Waals surface area contributed by atoms with Crippen LogP contribution in [0.3, 0.4) is 0 Å². The van der Waals surface area contributed by atoms with E-state index in [-0.39, 0.29) is 16.3 Å². The molecule has 7 nitrogen and oxygen atoms in total. The number of nitrogens with one attached hydrogen (secondary N) is 1. The molecule has 0 aliphatic heterocycles. The van der Waals surface area contributed by atoms with Gasteiger partial charge < -0.3 is 14.8 Å². The van der Waals surface area contributed by atoms with Crippen LogP contribution in [0.4, 0.5) is 15.8 Å². The van der Waals surface area contributed by atoms with Crippen molar-refractivity contribution in [3.8, 4) is 11.5 Å². The summed E-state index contributed by atoms with van der Waals surface area (Å²) in [6, 6.07) is 14.5. The first-order chi connectivity index (χ1) is 15.6. The predicted molar refractivity (Wildman–Crippen MR) is 125 cm³/mol. The molecule has 0 radical (unpaired) electrons. The second-order valence-electron chi connectivity index (χ2n) is 7.43. The predicted octanol–water partition coefficient (Wildman–Crippen LogP) is 4.29. The van der Waals surface area contributed by atoms with Crippen LogP contribution in [0.2, 0.25) is 0 Å². The van der Waals surface area contributed by atoms with Crippen molar-refractivity contribution in [3.63, 3.8) is 0 Å². The average Bonchev–Trinajstić information content (AvgIpc) is 2.76. The Morgan fingerprint density at radius 1 is 0.909 bits per heavy atom. The van der Waals surface area contributed by atoms with E-state index in [0.717, 1.165) is 27.6 Å². The molecule has 0 bridgehead atoms. The van der Waals surface area contributed by atoms with Gasteiger partial charge in [-0.2, -0.15) is 0 Å². The first-order valence-electron chi connectivity index (χ1n) is 10.0. The number of benzene rings is 3. The third-order valence-electron chi connectivity index (χ3n) is 4.85. The van der Waals surface area contributed by atoms with Crippen LogP contribution < -0.4 is 19.1 Å². The molecule has 0 aromatic heterocycles. The van der Waals surface area contributed by atoms with E-state index in [1.54, 1.807) is 12.1 Å². The highest BCUT2D eigenvalue weighted by Crippen LogP contribution is 2.32. The minimum absolute atomic E-state index is 0.108. The van der Waals surface area contributed by atoms with E-state index < -0.39 is 28.3 Å². The molecule has 0 atom stereocenters. The van der Waals surface area contributed by atoms with Crippen LogP contribution in [0.5, 0.6) is 11.5 Å². The van der Waals surface area contributed by atoms with Crippen molar-refractivity contribution in [2.75, 3.05) is 30.4 Å². The van der Waals surface area contributed by atoms with Gasteiger partial charge in [-0.1, -0.05) is 6.07 Å². The summed E-state index contributed by atoms with van der Waals surface area (Å²) in [7, 11) is -1.38. The maximum absolute atomic E-state index is 13.5. The third-order valence-corrected chi connectivity index (χ3v) is 6.62. The first kappa shape index (κ1) is 24.1. The number of halogens is 1. The largest absolute Gasteiger partial charge is 0.493 e. The zero-order chi connectivity index (χ0) is 24.2. The normalized spacial score (nSPS) is 11.1. The lowest BCUT2D eigenvalue weighted by molar-refractivity contribution is -0.114. The van der Waals surface area contributed by atoms with Gasteiger partial charge in [0.25, 0.3) is 10.0 Å². The highest BCUT2D eigenvalue weighted by atomic mass is 32.2. The summed E-state index contributed by atoms with van der Waals surface area (Å²) >= 11 is 0. The van der Waals surface area contributed by atoms with Crippen LogP contribution in [-0.2, 0) is 14.8 Å². The summed E-state index contributed by atoms with van der Waals surface area (Å²) in [5, 5.41) is 2.74. The second-order valence-corrected chi connectivity index (χ2v) is 9.29. The van der Waals surface area contributed by atoms with E-state index in [1.807, 2.05) is 19.9 Å². The molecule has 0 saturated heterocycles. The van der Waals surface area contributed by atoms with Crippen molar-refractivity contribution in [1.82, 2.24) is 0 Å². The molecular formula is C24H25FN2O5S. The fourth-order valence-electron chi connectivity index (χ4n) is 3.40. The lowest BCUT2D eigenvalue weighted by Crippen LogP contribution is -2.38. The molecular weight excluding hydrogens is 447 g/mol. The third kappa shape index (κ3) is 5.61. The Kier molecular flexibility index (Phi) is 7.23. The standard InChI is InChI=1S/C24H25FN2O5S/c1-16-11-17(2)13-19(12-16)26-24(28)15-27(20-7-5-18(25)6-8-20)33(29,30)21-9-10-22(31-3)23(14-21)32-4/h5-14H,15H2,1-4H3,(H,26,28). The van der Waals surface area contributed by atoms with Gasteiger partial charge in [-0.15, -0.1) is 0 Å². The molecule has 174 valence electrons. The highest BCUT2D eigenvalue weighted by Gasteiger charge is 2.28. The van der Waals surface area contributed by atoms with Crippen LogP contribution in [0.1, 0.15) is 11.1 Å². The van der Waals surface area contributed by atoms with E-state index in [0.29, 0.717) is 11.4 Å². The smallest absolute Gasteiger partial charge is 0.264 e. The summed E-state index contributed by atoms with van der Waals surface area (Å²) in [4.78, 5) is 12.7. The van der Waals surface area contributed by atoms with Crippen molar-refractivity contribution >= 4 is 27.3 Å². The number of methoxy groups -OCH3 is 2. The Morgan fingerprint density at radius 2 is 1.52 bits per heavy atom. The fourth-order valence-corrected chi connectivity index (χ4v) is 4.84. The molecule has 0 aliphatic carbocycles. The van der Waals surface area contributed by atoms with Gasteiger partial charge in [0.1, 0.15) is 12.4 Å². The molecule has 0 unspecified atom stereocenters. The summed E-state index contributed by atoms with van der Waals surface area (Å²) in [6.07, 6.45) is 0. The van der Waals surface area contributed by atoms with E-state index in [2.05, 4.69) is 5.32 Å². The lowest BCUT2D eigenvalue weighted by atomic mass is 10.1. The van der Waals surface area contributed by atoms with Crippen LogP contribution in [0.15, 0.2) is 65.6 Å². The molecule has 1 N–H and O–H groups in total. The number of carbonyl (C=O) groups excluding carboxylic acids is 1. The van der Waals surface area contributed by atoms with Crippen LogP contribution in [0, 0.1) is 19.7 Å². The topological polar surface area (TPSA) is 84.9 Å². The van der Waals surface area contributed by atoms with E-state index in [4.69, 9.17) is 9.47 Å². The molecule has 33 heavy (non-hydrogen) atoms. The van der Waals surface area contributed by atoms with E-state index in [9.17, 15) is 17.6 Å². The number of hydrogen-bond donors (Lipinski definition) is 1.